The van der Waals surface area contributed by atoms with E-state index in [9.17, 15) is 14.7 Å². The van der Waals surface area contributed by atoms with Gasteiger partial charge in [-0.25, -0.2) is 4.79 Å². The second-order valence-corrected chi connectivity index (χ2v) is 4.88. The van der Waals surface area contributed by atoms with Crippen molar-refractivity contribution < 1.29 is 19.4 Å². The molecule has 0 aromatic heterocycles. The number of aryl methyl sites for hydroxylation is 1. The van der Waals surface area contributed by atoms with E-state index in [1.807, 2.05) is 6.92 Å². The van der Waals surface area contributed by atoms with Gasteiger partial charge in [-0.1, -0.05) is 6.07 Å². The van der Waals surface area contributed by atoms with Crippen molar-refractivity contribution in [3.63, 3.8) is 0 Å². The number of nitrogens with one attached hydrogen (secondary N) is 1. The van der Waals surface area contributed by atoms with E-state index in [0.717, 1.165) is 12.0 Å². The summed E-state index contributed by atoms with van der Waals surface area (Å²) in [5.74, 6) is -0.725. The maximum absolute atomic E-state index is 12.1. The lowest BCUT2D eigenvalue weighted by atomic mass is 9.76. The number of hydrogen-bond donors (Lipinski definition) is 2. The second kappa shape index (κ2) is 4.91. The Morgan fingerprint density at radius 1 is 1.37 bits per heavy atom. The fourth-order valence-electron chi connectivity index (χ4n) is 2.17. The van der Waals surface area contributed by atoms with Crippen molar-refractivity contribution >= 4 is 11.9 Å². The summed E-state index contributed by atoms with van der Waals surface area (Å²) in [5, 5.41) is 11.8. The van der Waals surface area contributed by atoms with Gasteiger partial charge in [0.15, 0.2) is 0 Å². The third-order valence-electron chi connectivity index (χ3n) is 3.64. The molecule has 19 heavy (non-hydrogen) atoms. The van der Waals surface area contributed by atoms with E-state index in [-0.39, 0.29) is 5.91 Å². The van der Waals surface area contributed by atoms with E-state index < -0.39 is 11.5 Å². The zero-order valence-electron chi connectivity index (χ0n) is 11.0. The number of amides is 1. The summed E-state index contributed by atoms with van der Waals surface area (Å²) in [7, 11) is 1.54. The molecule has 0 bridgehead atoms. The van der Waals surface area contributed by atoms with Crippen molar-refractivity contribution in [1.82, 2.24) is 5.32 Å². The molecule has 0 spiro atoms. The number of benzene rings is 1. The van der Waals surface area contributed by atoms with Gasteiger partial charge in [-0.05, 0) is 43.9 Å². The van der Waals surface area contributed by atoms with Gasteiger partial charge >= 0.3 is 5.97 Å². The smallest absolute Gasteiger partial charge is 0.329 e. The van der Waals surface area contributed by atoms with Crippen LogP contribution in [0, 0.1) is 6.92 Å². The summed E-state index contributed by atoms with van der Waals surface area (Å²) < 4.78 is 5.16. The number of methoxy groups -OCH3 is 1. The lowest BCUT2D eigenvalue weighted by Crippen LogP contribution is -2.59. The fourth-order valence-corrected chi connectivity index (χ4v) is 2.17. The Balaban J connectivity index is 2.18. The molecule has 2 rings (SSSR count). The van der Waals surface area contributed by atoms with E-state index in [1.54, 1.807) is 18.2 Å². The van der Waals surface area contributed by atoms with Crippen LogP contribution in [0.3, 0.4) is 0 Å². The van der Waals surface area contributed by atoms with Crippen LogP contribution in [0.15, 0.2) is 18.2 Å². The number of carbonyl (C=O) groups is 2. The van der Waals surface area contributed by atoms with Gasteiger partial charge in [0.25, 0.3) is 5.91 Å². The minimum atomic E-state index is -1.09. The van der Waals surface area contributed by atoms with E-state index in [1.165, 1.54) is 7.11 Å². The molecule has 0 aliphatic heterocycles. The zero-order chi connectivity index (χ0) is 14.0. The first-order valence-electron chi connectivity index (χ1n) is 6.19. The first kappa shape index (κ1) is 13.4. The molecule has 0 heterocycles. The molecule has 0 radical (unpaired) electrons. The quantitative estimate of drug-likeness (QED) is 0.867. The molecule has 1 aliphatic rings. The number of aliphatic carboxylic acids is 1. The van der Waals surface area contributed by atoms with Crippen molar-refractivity contribution in [3.05, 3.63) is 29.3 Å². The number of hydrogen-bond acceptors (Lipinski definition) is 3. The van der Waals surface area contributed by atoms with E-state index >= 15 is 0 Å². The van der Waals surface area contributed by atoms with Gasteiger partial charge in [-0.2, -0.15) is 0 Å². The maximum atomic E-state index is 12.1. The predicted octanol–water partition coefficient (Wildman–Crippen LogP) is 1.74. The molecule has 102 valence electrons. The van der Waals surface area contributed by atoms with Gasteiger partial charge in [0.2, 0.25) is 0 Å². The molecule has 1 saturated carbocycles. The van der Waals surface area contributed by atoms with E-state index in [4.69, 9.17) is 4.74 Å². The molecule has 1 fully saturated rings. The van der Waals surface area contributed by atoms with Crippen LogP contribution >= 0.6 is 0 Å². The van der Waals surface area contributed by atoms with Crippen LogP contribution in [0.1, 0.15) is 35.2 Å². The zero-order valence-corrected chi connectivity index (χ0v) is 11.0. The fraction of sp³-hybridized carbons (Fsp3) is 0.429. The van der Waals surface area contributed by atoms with E-state index in [0.29, 0.717) is 24.2 Å². The van der Waals surface area contributed by atoms with Gasteiger partial charge in [0, 0.05) is 5.56 Å². The van der Waals surface area contributed by atoms with Crippen molar-refractivity contribution in [3.8, 4) is 5.75 Å². The topological polar surface area (TPSA) is 75.6 Å². The standard InChI is InChI=1S/C14H17NO4/c1-9-4-5-10(8-11(9)19-2)12(16)15-14(13(17)18)6-3-7-14/h4-5,8H,3,6-7H2,1-2H3,(H,15,16)(H,17,18). The molecule has 5 nitrogen and oxygen atoms in total. The number of carbonyl (C=O) groups excluding carboxylic acids is 1. The number of carboxylic acid groups (broad SMARTS) is 1. The van der Waals surface area contributed by atoms with Crippen molar-refractivity contribution in [2.24, 2.45) is 0 Å². The van der Waals surface area contributed by atoms with E-state index in [2.05, 4.69) is 5.32 Å². The Kier molecular flexibility index (Phi) is 3.46. The molecular formula is C14H17NO4. The first-order valence-corrected chi connectivity index (χ1v) is 6.19. The summed E-state index contributed by atoms with van der Waals surface area (Å²) in [4.78, 5) is 23.3. The molecular weight excluding hydrogens is 246 g/mol. The van der Waals surface area contributed by atoms with Crippen LogP contribution in [0.5, 0.6) is 5.75 Å². The largest absolute Gasteiger partial charge is 0.496 e. The van der Waals surface area contributed by atoms with Crippen LogP contribution in [-0.4, -0.2) is 29.6 Å². The maximum Gasteiger partial charge on any atom is 0.329 e. The van der Waals surface area contributed by atoms with Crippen molar-refractivity contribution in [2.75, 3.05) is 7.11 Å². The summed E-state index contributed by atoms with van der Waals surface area (Å²) in [5.41, 5.74) is 0.250. The SMILES string of the molecule is COc1cc(C(=O)NC2(C(=O)O)CCC2)ccc1C. The van der Waals surface area contributed by atoms with Crippen LogP contribution in [0.4, 0.5) is 0 Å². The highest BCUT2D eigenvalue weighted by Crippen LogP contribution is 2.32. The Bertz CT molecular complexity index is 520. The Morgan fingerprint density at radius 2 is 2.05 bits per heavy atom. The lowest BCUT2D eigenvalue weighted by Gasteiger charge is -2.38. The minimum Gasteiger partial charge on any atom is -0.496 e. The predicted molar refractivity (Wildman–Crippen MR) is 69.4 cm³/mol. The van der Waals surface area contributed by atoms with Crippen molar-refractivity contribution in [1.29, 1.82) is 0 Å². The molecule has 1 aromatic carbocycles. The van der Waals surface area contributed by atoms with Gasteiger partial charge in [-0.15, -0.1) is 0 Å². The average Bonchev–Trinajstić information content (AvgIpc) is 2.33. The van der Waals surface area contributed by atoms with Gasteiger partial charge in [0.05, 0.1) is 7.11 Å². The molecule has 0 atom stereocenters. The highest BCUT2D eigenvalue weighted by molar-refractivity contribution is 5.98. The average molecular weight is 263 g/mol. The van der Waals surface area contributed by atoms with Crippen LogP contribution < -0.4 is 10.1 Å². The molecule has 5 heteroatoms. The highest BCUT2D eigenvalue weighted by Gasteiger charge is 2.45. The molecule has 0 unspecified atom stereocenters. The minimum absolute atomic E-state index is 0.375. The lowest BCUT2D eigenvalue weighted by molar-refractivity contribution is -0.148. The third-order valence-corrected chi connectivity index (χ3v) is 3.64. The second-order valence-electron chi connectivity index (χ2n) is 4.88. The molecule has 1 amide bonds. The van der Waals surface area contributed by atoms with Gasteiger partial charge < -0.3 is 15.2 Å². The monoisotopic (exact) mass is 263 g/mol. The molecule has 2 N–H and O–H groups in total. The number of rotatable bonds is 4. The Morgan fingerprint density at radius 3 is 2.53 bits per heavy atom. The van der Waals surface area contributed by atoms with Crippen LogP contribution in [0.2, 0.25) is 0 Å². The van der Waals surface area contributed by atoms with Gasteiger partial charge in [-0.3, -0.25) is 4.79 Å². The van der Waals surface area contributed by atoms with Crippen molar-refractivity contribution in [2.45, 2.75) is 31.7 Å². The number of carboxylic acids is 1. The highest BCUT2D eigenvalue weighted by atomic mass is 16.5. The summed E-state index contributed by atoms with van der Waals surface area (Å²) >= 11 is 0. The first-order chi connectivity index (χ1) is 8.98. The molecule has 0 saturated heterocycles. The van der Waals surface area contributed by atoms with Crippen LogP contribution in [0.25, 0.3) is 0 Å². The number of ether oxygens (including phenoxy) is 1. The van der Waals surface area contributed by atoms with Gasteiger partial charge in [0.1, 0.15) is 11.3 Å². The molecule has 1 aromatic rings. The molecule has 1 aliphatic carbocycles. The Labute approximate surface area is 111 Å². The van der Waals surface area contributed by atoms with Crippen LogP contribution in [-0.2, 0) is 4.79 Å². The Hall–Kier alpha value is -2.04. The summed E-state index contributed by atoms with van der Waals surface area (Å²) in [6.45, 7) is 1.88. The normalized spacial score (nSPS) is 16.3. The third kappa shape index (κ3) is 2.41. The summed E-state index contributed by atoms with van der Waals surface area (Å²) in [6.07, 6.45) is 1.79. The summed E-state index contributed by atoms with van der Waals surface area (Å²) in [6, 6.07) is 5.07.